The Balaban J connectivity index is 1.79. The zero-order valence-electron chi connectivity index (χ0n) is 14.3. The zero-order valence-corrected chi connectivity index (χ0v) is 14.3. The molecule has 1 amide bonds. The summed E-state index contributed by atoms with van der Waals surface area (Å²) >= 11 is 0. The summed E-state index contributed by atoms with van der Waals surface area (Å²) in [5, 5.41) is 5.67. The normalized spacial score (nSPS) is 10.1. The van der Waals surface area contributed by atoms with Gasteiger partial charge in [0.05, 0.1) is 14.2 Å². The maximum atomic E-state index is 12.4. The molecule has 26 heavy (non-hydrogen) atoms. The number of ether oxygens (including phenoxy) is 2. The van der Waals surface area contributed by atoms with Crippen LogP contribution in [-0.4, -0.2) is 35.1 Å². The van der Waals surface area contributed by atoms with Gasteiger partial charge in [-0.1, -0.05) is 18.2 Å². The molecule has 1 aromatic heterocycles. The van der Waals surface area contributed by atoms with E-state index in [1.165, 1.54) is 7.11 Å². The van der Waals surface area contributed by atoms with Crippen LogP contribution in [0.4, 0.5) is 17.6 Å². The van der Waals surface area contributed by atoms with Crippen LogP contribution in [0.5, 0.6) is 11.8 Å². The number of hydrogen-bond acceptors (Lipinski definition) is 7. The molecule has 0 unspecified atom stereocenters. The van der Waals surface area contributed by atoms with E-state index in [0.717, 1.165) is 5.69 Å². The van der Waals surface area contributed by atoms with Gasteiger partial charge in [-0.05, 0) is 36.4 Å². The first-order valence-electron chi connectivity index (χ1n) is 7.75. The number of hydrogen-bond donors (Lipinski definition) is 2. The Morgan fingerprint density at radius 1 is 0.846 bits per heavy atom. The third-order valence-corrected chi connectivity index (χ3v) is 3.40. The zero-order chi connectivity index (χ0) is 18.4. The van der Waals surface area contributed by atoms with Gasteiger partial charge in [-0.25, -0.2) is 0 Å². The van der Waals surface area contributed by atoms with Gasteiger partial charge >= 0.3 is 6.01 Å². The maximum Gasteiger partial charge on any atom is 0.322 e. The number of carbonyl (C=O) groups is 1. The van der Waals surface area contributed by atoms with Crippen LogP contribution in [0.1, 0.15) is 10.4 Å². The lowest BCUT2D eigenvalue weighted by Gasteiger charge is -2.09. The average molecular weight is 351 g/mol. The topological polar surface area (TPSA) is 98.3 Å². The van der Waals surface area contributed by atoms with Crippen molar-refractivity contribution < 1.29 is 14.3 Å². The van der Waals surface area contributed by atoms with E-state index < -0.39 is 0 Å². The van der Waals surface area contributed by atoms with Crippen LogP contribution in [0, 0.1) is 0 Å². The molecule has 0 atom stereocenters. The molecule has 3 aromatic rings. The molecule has 132 valence electrons. The molecule has 0 aliphatic rings. The molecule has 0 saturated heterocycles. The Morgan fingerprint density at radius 3 is 2.19 bits per heavy atom. The molecule has 2 aromatic carbocycles. The van der Waals surface area contributed by atoms with E-state index >= 15 is 0 Å². The monoisotopic (exact) mass is 351 g/mol. The fraction of sp³-hybridized carbons (Fsp3) is 0.111. The van der Waals surface area contributed by atoms with Crippen molar-refractivity contribution in [3.8, 4) is 11.8 Å². The molecule has 0 saturated carbocycles. The highest BCUT2D eigenvalue weighted by Gasteiger charge is 2.12. The Kier molecular flexibility index (Phi) is 5.23. The fourth-order valence-corrected chi connectivity index (χ4v) is 2.13. The summed E-state index contributed by atoms with van der Waals surface area (Å²) in [7, 11) is 3.00. The van der Waals surface area contributed by atoms with Gasteiger partial charge in [0.15, 0.2) is 0 Å². The van der Waals surface area contributed by atoms with Crippen LogP contribution in [-0.2, 0) is 0 Å². The first-order valence-corrected chi connectivity index (χ1v) is 7.75. The number of para-hydroxylation sites is 1. The lowest BCUT2D eigenvalue weighted by molar-refractivity contribution is 0.102. The van der Waals surface area contributed by atoms with Crippen LogP contribution in [0.15, 0.2) is 54.6 Å². The van der Waals surface area contributed by atoms with Crippen molar-refractivity contribution >= 4 is 23.5 Å². The summed E-state index contributed by atoms with van der Waals surface area (Å²) in [5.41, 5.74) is 1.25. The lowest BCUT2D eigenvalue weighted by Crippen LogP contribution is -2.15. The summed E-state index contributed by atoms with van der Waals surface area (Å²) in [6.45, 7) is 0. The molecular formula is C18H17N5O3. The number of amides is 1. The minimum absolute atomic E-state index is 0.0797. The quantitative estimate of drug-likeness (QED) is 0.704. The molecule has 0 radical (unpaired) electrons. The van der Waals surface area contributed by atoms with Gasteiger partial charge < -0.3 is 14.8 Å². The summed E-state index contributed by atoms with van der Waals surface area (Å²) in [6, 6.07) is 16.2. The van der Waals surface area contributed by atoms with Crippen LogP contribution >= 0.6 is 0 Å². The van der Waals surface area contributed by atoms with Gasteiger partial charge in [0, 0.05) is 11.3 Å². The smallest absolute Gasteiger partial charge is 0.322 e. The van der Waals surface area contributed by atoms with E-state index in [9.17, 15) is 4.79 Å². The number of carbonyl (C=O) groups excluding carboxylic acids is 1. The predicted octanol–water partition coefficient (Wildman–Crippen LogP) is 2.88. The second-order valence-corrected chi connectivity index (χ2v) is 5.14. The number of benzene rings is 2. The van der Waals surface area contributed by atoms with Crippen molar-refractivity contribution in [3.63, 3.8) is 0 Å². The van der Waals surface area contributed by atoms with Crippen LogP contribution in [0.25, 0.3) is 0 Å². The average Bonchev–Trinajstić information content (AvgIpc) is 2.68. The van der Waals surface area contributed by atoms with Gasteiger partial charge in [-0.3, -0.25) is 10.1 Å². The highest BCUT2D eigenvalue weighted by molar-refractivity contribution is 6.03. The van der Waals surface area contributed by atoms with E-state index in [1.54, 1.807) is 31.4 Å². The fourth-order valence-electron chi connectivity index (χ4n) is 2.13. The minimum atomic E-state index is -0.355. The summed E-state index contributed by atoms with van der Waals surface area (Å²) < 4.78 is 10.2. The number of rotatable bonds is 6. The van der Waals surface area contributed by atoms with E-state index in [1.807, 2.05) is 30.3 Å². The first kappa shape index (κ1) is 17.2. The third kappa shape index (κ3) is 4.23. The number of anilines is 3. The SMILES string of the molecule is COc1ccc(C(=O)Nc2nc(Nc3ccccc3)nc(OC)n2)cc1. The summed E-state index contributed by atoms with van der Waals surface area (Å²) in [4.78, 5) is 24.8. The molecule has 2 N–H and O–H groups in total. The van der Waals surface area contributed by atoms with E-state index in [-0.39, 0.29) is 23.8 Å². The Hall–Kier alpha value is -3.68. The number of methoxy groups -OCH3 is 2. The summed E-state index contributed by atoms with van der Waals surface area (Å²) in [5.74, 6) is 0.647. The predicted molar refractivity (Wildman–Crippen MR) is 97.1 cm³/mol. The highest BCUT2D eigenvalue weighted by Crippen LogP contribution is 2.17. The standard InChI is InChI=1S/C18H17N5O3/c1-25-14-10-8-12(9-11-14)15(24)20-17-21-16(22-18(23-17)26-2)19-13-6-4-3-5-7-13/h3-11H,1-2H3,(H2,19,20,21,22,23,24). The number of nitrogens with zero attached hydrogens (tertiary/aromatic N) is 3. The molecule has 0 aliphatic heterocycles. The highest BCUT2D eigenvalue weighted by atomic mass is 16.5. The molecule has 0 aliphatic carbocycles. The Morgan fingerprint density at radius 2 is 1.54 bits per heavy atom. The van der Waals surface area contributed by atoms with Crippen LogP contribution in [0.2, 0.25) is 0 Å². The second-order valence-electron chi connectivity index (χ2n) is 5.14. The van der Waals surface area contributed by atoms with Crippen molar-refractivity contribution in [2.45, 2.75) is 0 Å². The van der Waals surface area contributed by atoms with E-state index in [2.05, 4.69) is 25.6 Å². The molecule has 8 heteroatoms. The summed E-state index contributed by atoms with van der Waals surface area (Å²) in [6.07, 6.45) is 0. The van der Waals surface area contributed by atoms with Gasteiger partial charge in [0.2, 0.25) is 11.9 Å². The first-order chi connectivity index (χ1) is 12.7. The second kappa shape index (κ2) is 7.93. The third-order valence-electron chi connectivity index (χ3n) is 3.40. The van der Waals surface area contributed by atoms with Gasteiger partial charge in [0.25, 0.3) is 5.91 Å². The van der Waals surface area contributed by atoms with Crippen molar-refractivity contribution in [3.05, 3.63) is 60.2 Å². The molecule has 3 rings (SSSR count). The lowest BCUT2D eigenvalue weighted by atomic mass is 10.2. The molecule has 1 heterocycles. The molecule has 0 spiro atoms. The molecule has 8 nitrogen and oxygen atoms in total. The Bertz CT molecular complexity index is 885. The molecular weight excluding hydrogens is 334 g/mol. The van der Waals surface area contributed by atoms with Crippen molar-refractivity contribution in [1.29, 1.82) is 0 Å². The minimum Gasteiger partial charge on any atom is -0.497 e. The van der Waals surface area contributed by atoms with Crippen LogP contribution in [0.3, 0.4) is 0 Å². The van der Waals surface area contributed by atoms with Crippen molar-refractivity contribution in [2.75, 3.05) is 24.9 Å². The van der Waals surface area contributed by atoms with Crippen LogP contribution < -0.4 is 20.1 Å². The Labute approximate surface area is 150 Å². The van der Waals surface area contributed by atoms with Gasteiger partial charge in [-0.15, -0.1) is 0 Å². The van der Waals surface area contributed by atoms with Gasteiger partial charge in [0.1, 0.15) is 5.75 Å². The van der Waals surface area contributed by atoms with E-state index in [0.29, 0.717) is 11.3 Å². The number of aromatic nitrogens is 3. The van der Waals surface area contributed by atoms with Crippen molar-refractivity contribution in [1.82, 2.24) is 15.0 Å². The number of nitrogens with one attached hydrogen (secondary N) is 2. The van der Waals surface area contributed by atoms with Gasteiger partial charge in [-0.2, -0.15) is 15.0 Å². The maximum absolute atomic E-state index is 12.4. The molecule has 0 fully saturated rings. The van der Waals surface area contributed by atoms with Crippen molar-refractivity contribution in [2.24, 2.45) is 0 Å². The largest absolute Gasteiger partial charge is 0.497 e. The van der Waals surface area contributed by atoms with E-state index in [4.69, 9.17) is 9.47 Å². The molecule has 0 bridgehead atoms.